The Kier molecular flexibility index (Phi) is 3.84. The summed E-state index contributed by atoms with van der Waals surface area (Å²) in [5, 5.41) is 1.84. The monoisotopic (exact) mass is 335 g/mol. The predicted octanol–water partition coefficient (Wildman–Crippen LogP) is 0.785. The van der Waals surface area contributed by atoms with Crippen LogP contribution in [0.15, 0.2) is 58.7 Å². The number of nitrogen functional groups attached to an aromatic ring is 1. The van der Waals surface area contributed by atoms with Crippen molar-refractivity contribution < 1.29 is 0 Å². The van der Waals surface area contributed by atoms with Crippen molar-refractivity contribution >= 4 is 29.3 Å². The molecule has 3 heterocycles. The zero-order valence-electron chi connectivity index (χ0n) is 13.6. The molecule has 0 bridgehead atoms. The van der Waals surface area contributed by atoms with E-state index >= 15 is 0 Å². The van der Waals surface area contributed by atoms with E-state index in [0.29, 0.717) is 24.4 Å². The first-order valence-corrected chi connectivity index (χ1v) is 7.73. The van der Waals surface area contributed by atoms with Gasteiger partial charge in [0.2, 0.25) is 11.9 Å². The van der Waals surface area contributed by atoms with Gasteiger partial charge in [-0.15, -0.1) is 0 Å². The molecular weight excluding hydrogens is 318 g/mol. The highest BCUT2D eigenvalue weighted by Gasteiger charge is 2.29. The molecule has 0 amide bonds. The summed E-state index contributed by atoms with van der Waals surface area (Å²) in [6.07, 6.45) is 3.59. The van der Waals surface area contributed by atoms with Crippen LogP contribution in [0, 0.1) is 0 Å². The number of hydrogen-bond donors (Lipinski definition) is 3. The summed E-state index contributed by atoms with van der Waals surface area (Å²) >= 11 is 0. The quantitative estimate of drug-likeness (QED) is 0.562. The van der Waals surface area contributed by atoms with Crippen LogP contribution in [0.4, 0.5) is 11.8 Å². The Morgan fingerprint density at radius 2 is 2.08 bits per heavy atom. The van der Waals surface area contributed by atoms with E-state index in [4.69, 9.17) is 10.8 Å². The topological polar surface area (TPSA) is 107 Å². The molecule has 0 aliphatic carbocycles. The third-order valence-corrected chi connectivity index (χ3v) is 3.87. The van der Waals surface area contributed by atoms with Gasteiger partial charge >= 0.3 is 0 Å². The molecule has 2 aliphatic rings. The average molecular weight is 335 g/mol. The van der Waals surface area contributed by atoms with E-state index in [1.54, 1.807) is 12.3 Å². The smallest absolute Gasteiger partial charge is 0.239 e. The Balaban J connectivity index is 1.75. The summed E-state index contributed by atoms with van der Waals surface area (Å²) in [7, 11) is 1.88. The highest BCUT2D eigenvalue weighted by atomic mass is 15.6. The average Bonchev–Trinajstić information content (AvgIpc) is 3.16. The second-order valence-corrected chi connectivity index (χ2v) is 5.42. The molecule has 4 N–H and O–H groups in total. The van der Waals surface area contributed by atoms with Gasteiger partial charge in [0.1, 0.15) is 18.3 Å². The molecule has 0 atom stereocenters. The minimum absolute atomic E-state index is 0.336. The van der Waals surface area contributed by atoms with Crippen LogP contribution in [0.25, 0.3) is 5.70 Å². The Morgan fingerprint density at radius 3 is 2.88 bits per heavy atom. The second-order valence-electron chi connectivity index (χ2n) is 5.42. The number of aliphatic imine (C=N–C) groups is 2. The SMILES string of the molecule is CN(C1=NC(c2ccccc2)=CC2=NCNN21)c1ccnc(NN)n1. The van der Waals surface area contributed by atoms with Gasteiger partial charge in [0, 0.05) is 24.9 Å². The molecule has 0 saturated carbocycles. The van der Waals surface area contributed by atoms with Crippen molar-refractivity contribution in [3.63, 3.8) is 0 Å². The van der Waals surface area contributed by atoms with Crippen molar-refractivity contribution in [3.05, 3.63) is 54.2 Å². The largest absolute Gasteiger partial charge is 0.298 e. The molecule has 0 fully saturated rings. The number of hydrazine groups is 2. The lowest BCUT2D eigenvalue weighted by molar-refractivity contribution is 0.486. The lowest BCUT2D eigenvalue weighted by Gasteiger charge is -2.30. The van der Waals surface area contributed by atoms with Gasteiger partial charge in [-0.05, 0) is 6.07 Å². The molecule has 2 aliphatic heterocycles. The van der Waals surface area contributed by atoms with Gasteiger partial charge in [0.15, 0.2) is 0 Å². The summed E-state index contributed by atoms with van der Waals surface area (Å²) in [4.78, 5) is 19.5. The normalized spacial score (nSPS) is 15.9. The molecule has 1 aromatic carbocycles. The number of fused-ring (bicyclic) bond motifs is 1. The third kappa shape index (κ3) is 2.82. The van der Waals surface area contributed by atoms with Crippen molar-refractivity contribution in [2.24, 2.45) is 15.8 Å². The summed E-state index contributed by atoms with van der Waals surface area (Å²) in [5.41, 5.74) is 7.50. The van der Waals surface area contributed by atoms with Gasteiger partial charge in [0.25, 0.3) is 0 Å². The highest BCUT2D eigenvalue weighted by Crippen LogP contribution is 2.24. The molecule has 25 heavy (non-hydrogen) atoms. The second kappa shape index (κ2) is 6.30. The van der Waals surface area contributed by atoms with Crippen LogP contribution in [0.2, 0.25) is 0 Å². The fourth-order valence-corrected chi connectivity index (χ4v) is 2.62. The summed E-state index contributed by atoms with van der Waals surface area (Å²) in [6.45, 7) is 0.500. The van der Waals surface area contributed by atoms with E-state index in [9.17, 15) is 0 Å². The molecule has 126 valence electrons. The van der Waals surface area contributed by atoms with E-state index < -0.39 is 0 Å². The maximum absolute atomic E-state index is 5.41. The van der Waals surface area contributed by atoms with E-state index in [-0.39, 0.29) is 0 Å². The molecular formula is C16H17N9. The number of nitrogens with zero attached hydrogens (tertiary/aromatic N) is 6. The van der Waals surface area contributed by atoms with Crippen LogP contribution in [0.5, 0.6) is 0 Å². The molecule has 0 unspecified atom stereocenters. The van der Waals surface area contributed by atoms with E-state index in [0.717, 1.165) is 17.1 Å². The third-order valence-electron chi connectivity index (χ3n) is 3.87. The molecule has 4 rings (SSSR count). The molecule has 9 nitrogen and oxygen atoms in total. The maximum Gasteiger partial charge on any atom is 0.239 e. The Labute approximate surface area is 144 Å². The predicted molar refractivity (Wildman–Crippen MR) is 97.4 cm³/mol. The first kappa shape index (κ1) is 15.2. The van der Waals surface area contributed by atoms with Crippen LogP contribution < -0.4 is 21.6 Å². The molecule has 0 radical (unpaired) electrons. The molecule has 0 saturated heterocycles. The zero-order valence-corrected chi connectivity index (χ0v) is 13.6. The summed E-state index contributed by atoms with van der Waals surface area (Å²) in [5.74, 6) is 7.87. The van der Waals surface area contributed by atoms with Gasteiger partial charge in [-0.2, -0.15) is 4.98 Å². The van der Waals surface area contributed by atoms with Crippen molar-refractivity contribution in [3.8, 4) is 0 Å². The van der Waals surface area contributed by atoms with Crippen LogP contribution in [-0.4, -0.2) is 40.5 Å². The van der Waals surface area contributed by atoms with Crippen LogP contribution in [0.3, 0.4) is 0 Å². The first-order chi connectivity index (χ1) is 12.3. The lowest BCUT2D eigenvalue weighted by atomic mass is 10.1. The van der Waals surface area contributed by atoms with E-state index in [2.05, 4.69) is 25.8 Å². The van der Waals surface area contributed by atoms with Crippen LogP contribution in [-0.2, 0) is 0 Å². The molecule has 0 spiro atoms. The van der Waals surface area contributed by atoms with Gasteiger partial charge < -0.3 is 0 Å². The number of rotatable bonds is 3. The fraction of sp³-hybridized carbons (Fsp3) is 0.125. The van der Waals surface area contributed by atoms with Crippen LogP contribution >= 0.6 is 0 Å². The minimum atomic E-state index is 0.336. The number of nitrogens with two attached hydrogens (primary N) is 1. The number of guanidine groups is 1. The van der Waals surface area contributed by atoms with Crippen molar-refractivity contribution in [2.75, 3.05) is 24.0 Å². The van der Waals surface area contributed by atoms with Crippen molar-refractivity contribution in [1.29, 1.82) is 0 Å². The maximum atomic E-state index is 5.41. The van der Waals surface area contributed by atoms with E-state index in [1.165, 1.54) is 0 Å². The summed E-state index contributed by atoms with van der Waals surface area (Å²) < 4.78 is 0. The number of amidine groups is 1. The summed E-state index contributed by atoms with van der Waals surface area (Å²) in [6, 6.07) is 11.8. The fourth-order valence-electron chi connectivity index (χ4n) is 2.62. The minimum Gasteiger partial charge on any atom is -0.298 e. The lowest BCUT2D eigenvalue weighted by Crippen LogP contribution is -2.51. The van der Waals surface area contributed by atoms with Crippen molar-refractivity contribution in [1.82, 2.24) is 20.4 Å². The Hall–Kier alpha value is -3.30. The molecule has 2 aromatic rings. The van der Waals surface area contributed by atoms with Crippen LogP contribution in [0.1, 0.15) is 5.56 Å². The van der Waals surface area contributed by atoms with E-state index in [1.807, 2.05) is 53.4 Å². The number of hydrogen-bond acceptors (Lipinski definition) is 9. The van der Waals surface area contributed by atoms with Gasteiger partial charge in [-0.3, -0.25) is 10.3 Å². The number of nitrogens with one attached hydrogen (secondary N) is 2. The Bertz CT molecular complexity index is 872. The molecule has 9 heteroatoms. The Morgan fingerprint density at radius 1 is 1.24 bits per heavy atom. The van der Waals surface area contributed by atoms with Gasteiger partial charge in [-0.1, -0.05) is 30.3 Å². The van der Waals surface area contributed by atoms with Gasteiger partial charge in [0.05, 0.1) is 5.70 Å². The van der Waals surface area contributed by atoms with Gasteiger partial charge in [-0.25, -0.2) is 31.2 Å². The zero-order chi connectivity index (χ0) is 17.2. The number of anilines is 2. The standard InChI is InChI=1S/C16H17N9/c1-24(13-7-8-18-15(22-13)23-17)16-21-12(11-5-3-2-4-6-11)9-14-19-10-20-25(14)16/h2-9,20H,10,17H2,1H3,(H,18,22,23). The highest BCUT2D eigenvalue weighted by molar-refractivity contribution is 6.16. The van der Waals surface area contributed by atoms with Crippen molar-refractivity contribution in [2.45, 2.75) is 0 Å². The molecule has 1 aromatic heterocycles. The number of benzene rings is 1. The number of aromatic nitrogens is 2. The first-order valence-electron chi connectivity index (χ1n) is 7.73.